The van der Waals surface area contributed by atoms with E-state index in [4.69, 9.17) is 4.74 Å². The van der Waals surface area contributed by atoms with Crippen molar-refractivity contribution in [2.24, 2.45) is 0 Å². The van der Waals surface area contributed by atoms with E-state index in [9.17, 15) is 9.18 Å². The van der Waals surface area contributed by atoms with E-state index in [1.54, 1.807) is 12.1 Å². The van der Waals surface area contributed by atoms with E-state index >= 15 is 0 Å². The molecular formula is C22H25FN2O2. The van der Waals surface area contributed by atoms with Gasteiger partial charge in [-0.25, -0.2) is 4.39 Å². The molecule has 0 saturated carbocycles. The van der Waals surface area contributed by atoms with Crippen molar-refractivity contribution in [1.82, 2.24) is 9.80 Å². The summed E-state index contributed by atoms with van der Waals surface area (Å²) in [4.78, 5) is 17.4. The normalized spacial score (nSPS) is 20.2. The van der Waals surface area contributed by atoms with Crippen LogP contribution in [-0.2, 0) is 22.6 Å². The molecule has 4 nitrogen and oxygen atoms in total. The zero-order valence-electron chi connectivity index (χ0n) is 15.4. The first-order valence-corrected chi connectivity index (χ1v) is 9.59. The second kappa shape index (κ2) is 7.79. The van der Waals surface area contributed by atoms with Gasteiger partial charge in [0.15, 0.2) is 0 Å². The van der Waals surface area contributed by atoms with Crippen LogP contribution in [0.4, 0.5) is 4.39 Å². The van der Waals surface area contributed by atoms with Crippen molar-refractivity contribution in [3.05, 3.63) is 71.5 Å². The van der Waals surface area contributed by atoms with Gasteiger partial charge in [-0.2, -0.15) is 0 Å². The lowest BCUT2D eigenvalue weighted by atomic mass is 9.88. The Bertz CT molecular complexity index is 788. The van der Waals surface area contributed by atoms with Crippen molar-refractivity contribution in [2.45, 2.75) is 31.5 Å². The number of morpholine rings is 1. The molecule has 1 spiro atoms. The molecule has 1 amide bonds. The maximum Gasteiger partial charge on any atom is 0.255 e. The molecule has 2 aliphatic heterocycles. The Hall–Kier alpha value is -2.24. The lowest BCUT2D eigenvalue weighted by Crippen LogP contribution is -2.60. The Balaban J connectivity index is 1.38. The number of likely N-dealkylation sites (tertiary alicyclic amines) is 1. The van der Waals surface area contributed by atoms with Gasteiger partial charge in [0.2, 0.25) is 0 Å². The van der Waals surface area contributed by atoms with E-state index in [0.29, 0.717) is 39.1 Å². The fraction of sp³-hybridized carbons (Fsp3) is 0.409. The monoisotopic (exact) mass is 368 g/mol. The largest absolute Gasteiger partial charge is 0.363 e. The standard InChI is InChI=1S/C22H25FN2O2/c23-20-8-4-7-19(15-20)16-24-11-9-22(10-12-24)21(26)25(13-14-27-22)17-18-5-2-1-3-6-18/h1-8,15H,9-14,16-17H2. The van der Waals surface area contributed by atoms with Crippen LogP contribution in [0.25, 0.3) is 0 Å². The highest BCUT2D eigenvalue weighted by molar-refractivity contribution is 5.86. The van der Waals surface area contributed by atoms with E-state index < -0.39 is 5.60 Å². The zero-order chi connectivity index (χ0) is 18.7. The molecule has 0 radical (unpaired) electrons. The van der Waals surface area contributed by atoms with Crippen LogP contribution < -0.4 is 0 Å². The van der Waals surface area contributed by atoms with Crippen molar-refractivity contribution in [1.29, 1.82) is 0 Å². The van der Waals surface area contributed by atoms with E-state index in [1.807, 2.05) is 29.2 Å². The zero-order valence-corrected chi connectivity index (χ0v) is 15.4. The third-order valence-electron chi connectivity index (χ3n) is 5.59. The van der Waals surface area contributed by atoms with E-state index in [1.165, 1.54) is 6.07 Å². The summed E-state index contributed by atoms with van der Waals surface area (Å²) >= 11 is 0. The summed E-state index contributed by atoms with van der Waals surface area (Å²) in [6.07, 6.45) is 1.37. The number of hydrogen-bond acceptors (Lipinski definition) is 3. The van der Waals surface area contributed by atoms with Crippen LogP contribution in [0.2, 0.25) is 0 Å². The molecule has 0 bridgehead atoms. The SMILES string of the molecule is O=C1N(Cc2ccccc2)CCOC12CCN(Cc1cccc(F)c1)CC2. The minimum atomic E-state index is -0.689. The van der Waals surface area contributed by atoms with Crippen LogP contribution in [0.15, 0.2) is 54.6 Å². The Kier molecular flexibility index (Phi) is 5.23. The van der Waals surface area contributed by atoms with Crippen molar-refractivity contribution in [3.8, 4) is 0 Å². The first-order valence-electron chi connectivity index (χ1n) is 9.59. The highest BCUT2D eigenvalue weighted by Gasteiger charge is 2.47. The van der Waals surface area contributed by atoms with E-state index in [-0.39, 0.29) is 11.7 Å². The molecule has 2 aromatic carbocycles. The molecule has 0 atom stereocenters. The third-order valence-corrected chi connectivity index (χ3v) is 5.59. The minimum Gasteiger partial charge on any atom is -0.363 e. The van der Waals surface area contributed by atoms with Gasteiger partial charge in [-0.05, 0) is 36.1 Å². The Morgan fingerprint density at radius 2 is 1.67 bits per heavy atom. The second-order valence-corrected chi connectivity index (χ2v) is 7.46. The predicted molar refractivity (Wildman–Crippen MR) is 101 cm³/mol. The molecule has 2 fully saturated rings. The second-order valence-electron chi connectivity index (χ2n) is 7.46. The quantitative estimate of drug-likeness (QED) is 0.831. The van der Waals surface area contributed by atoms with Crippen LogP contribution in [0.5, 0.6) is 0 Å². The summed E-state index contributed by atoms with van der Waals surface area (Å²) in [7, 11) is 0. The number of rotatable bonds is 4. The van der Waals surface area contributed by atoms with Crippen molar-refractivity contribution in [2.75, 3.05) is 26.2 Å². The van der Waals surface area contributed by atoms with Gasteiger partial charge in [0.05, 0.1) is 6.61 Å². The summed E-state index contributed by atoms with van der Waals surface area (Å²) < 4.78 is 19.4. The number of piperidine rings is 1. The average Bonchev–Trinajstić information content (AvgIpc) is 2.68. The first kappa shape index (κ1) is 18.1. The number of hydrogen-bond donors (Lipinski definition) is 0. The lowest BCUT2D eigenvalue weighted by Gasteiger charge is -2.46. The molecular weight excluding hydrogens is 343 g/mol. The van der Waals surface area contributed by atoms with E-state index in [2.05, 4.69) is 17.0 Å². The number of carbonyl (C=O) groups excluding carboxylic acids is 1. The molecule has 0 N–H and O–H groups in total. The van der Waals surface area contributed by atoms with Crippen LogP contribution in [-0.4, -0.2) is 47.5 Å². The highest BCUT2D eigenvalue weighted by atomic mass is 19.1. The molecule has 2 aliphatic rings. The Morgan fingerprint density at radius 3 is 2.41 bits per heavy atom. The molecule has 5 heteroatoms. The molecule has 142 valence electrons. The molecule has 27 heavy (non-hydrogen) atoms. The van der Waals surface area contributed by atoms with Gasteiger partial charge >= 0.3 is 0 Å². The van der Waals surface area contributed by atoms with Gasteiger partial charge in [-0.3, -0.25) is 9.69 Å². The number of ether oxygens (including phenoxy) is 1. The molecule has 0 aromatic heterocycles. The Morgan fingerprint density at radius 1 is 0.926 bits per heavy atom. The van der Waals surface area contributed by atoms with Crippen LogP contribution in [0.1, 0.15) is 24.0 Å². The summed E-state index contributed by atoms with van der Waals surface area (Å²) in [5.41, 5.74) is 1.42. The van der Waals surface area contributed by atoms with Crippen molar-refractivity contribution < 1.29 is 13.9 Å². The van der Waals surface area contributed by atoms with Crippen LogP contribution in [0.3, 0.4) is 0 Å². The smallest absolute Gasteiger partial charge is 0.255 e. The number of halogens is 1. The van der Waals surface area contributed by atoms with Gasteiger partial charge < -0.3 is 9.64 Å². The maximum atomic E-state index is 13.4. The van der Waals surface area contributed by atoms with Crippen LogP contribution in [0, 0.1) is 5.82 Å². The van der Waals surface area contributed by atoms with Crippen molar-refractivity contribution in [3.63, 3.8) is 0 Å². The molecule has 2 aromatic rings. The minimum absolute atomic E-state index is 0.114. The molecule has 0 aliphatic carbocycles. The van der Waals surface area contributed by atoms with Gasteiger partial charge in [-0.1, -0.05) is 42.5 Å². The number of nitrogens with zero attached hydrogens (tertiary/aromatic N) is 2. The first-order chi connectivity index (χ1) is 13.1. The number of amides is 1. The number of benzene rings is 2. The molecule has 2 saturated heterocycles. The maximum absolute atomic E-state index is 13.4. The van der Waals surface area contributed by atoms with Crippen molar-refractivity contribution >= 4 is 5.91 Å². The summed E-state index contributed by atoms with van der Waals surface area (Å²) in [6.45, 7) is 4.13. The summed E-state index contributed by atoms with van der Waals surface area (Å²) in [6, 6.07) is 16.8. The number of carbonyl (C=O) groups is 1. The Labute approximate surface area is 159 Å². The third kappa shape index (κ3) is 4.04. The summed E-state index contributed by atoms with van der Waals surface area (Å²) in [5, 5.41) is 0. The van der Waals surface area contributed by atoms with Gasteiger partial charge in [0, 0.05) is 32.7 Å². The topological polar surface area (TPSA) is 32.8 Å². The van der Waals surface area contributed by atoms with Crippen LogP contribution >= 0.6 is 0 Å². The molecule has 4 rings (SSSR count). The van der Waals surface area contributed by atoms with Gasteiger partial charge in [0.25, 0.3) is 5.91 Å². The molecule has 2 heterocycles. The highest BCUT2D eigenvalue weighted by Crippen LogP contribution is 2.32. The fourth-order valence-corrected chi connectivity index (χ4v) is 4.08. The molecule has 0 unspecified atom stereocenters. The van der Waals surface area contributed by atoms with Gasteiger partial charge in [-0.15, -0.1) is 0 Å². The summed E-state index contributed by atoms with van der Waals surface area (Å²) in [5.74, 6) is -0.0914. The average molecular weight is 368 g/mol. The van der Waals surface area contributed by atoms with Gasteiger partial charge in [0.1, 0.15) is 11.4 Å². The predicted octanol–water partition coefficient (Wildman–Crippen LogP) is 3.22. The van der Waals surface area contributed by atoms with E-state index in [0.717, 1.165) is 24.2 Å². The fourth-order valence-electron chi connectivity index (χ4n) is 4.08. The lowest BCUT2D eigenvalue weighted by molar-refractivity contribution is -0.180.